The van der Waals surface area contributed by atoms with Gasteiger partial charge in [-0.15, -0.1) is 0 Å². The minimum absolute atomic E-state index is 0.0162. The molecule has 2 aliphatic heterocycles. The maximum atomic E-state index is 13.2. The molecule has 2 aromatic heterocycles. The monoisotopic (exact) mass is 435 g/mol. The fraction of sp³-hybridized carbons (Fsp3) is 0.583. The molecule has 1 unspecified atom stereocenters. The van der Waals surface area contributed by atoms with Gasteiger partial charge in [-0.1, -0.05) is 23.4 Å². The molecule has 1 amide bonds. The highest BCUT2D eigenvalue weighted by molar-refractivity contribution is 6.04. The summed E-state index contributed by atoms with van der Waals surface area (Å²) in [6.45, 7) is 2.15. The van der Waals surface area contributed by atoms with Gasteiger partial charge in [0.2, 0.25) is 5.89 Å². The van der Waals surface area contributed by atoms with Gasteiger partial charge in [0.15, 0.2) is 11.5 Å². The van der Waals surface area contributed by atoms with Crippen LogP contribution in [-0.2, 0) is 18.2 Å². The second kappa shape index (κ2) is 7.69. The van der Waals surface area contributed by atoms with Gasteiger partial charge in [-0.3, -0.25) is 9.48 Å². The number of aromatic nitrogens is 4. The molecule has 3 fully saturated rings. The third-order valence-corrected chi connectivity index (χ3v) is 7.41. The van der Waals surface area contributed by atoms with E-state index in [-0.39, 0.29) is 11.5 Å². The van der Waals surface area contributed by atoms with E-state index in [0.717, 1.165) is 61.3 Å². The maximum absolute atomic E-state index is 13.2. The molecule has 0 bridgehead atoms. The van der Waals surface area contributed by atoms with Gasteiger partial charge in [0.1, 0.15) is 0 Å². The standard InChI is InChI=1S/C24H29N5O3/c1-28-19-5-3-2-4-18(19)21(26-28)23(30)29-11-9-24(10-12-29)15-16(8-13-31-24)14-20-25-22(27-32-20)17-6-7-17/h2-5,16-17H,6-15H2,1H3. The Hall–Kier alpha value is -2.74. The van der Waals surface area contributed by atoms with Gasteiger partial charge in [-0.05, 0) is 50.5 Å². The molecule has 8 heteroatoms. The summed E-state index contributed by atoms with van der Waals surface area (Å²) in [5.74, 6) is 2.67. The average molecular weight is 436 g/mol. The van der Waals surface area contributed by atoms with Crippen molar-refractivity contribution in [3.63, 3.8) is 0 Å². The van der Waals surface area contributed by atoms with Crippen LogP contribution in [0.4, 0.5) is 0 Å². The van der Waals surface area contributed by atoms with E-state index in [4.69, 9.17) is 9.26 Å². The highest BCUT2D eigenvalue weighted by atomic mass is 16.5. The minimum Gasteiger partial charge on any atom is -0.375 e. The van der Waals surface area contributed by atoms with E-state index in [1.165, 1.54) is 12.8 Å². The number of likely N-dealkylation sites (tertiary alicyclic amines) is 1. The lowest BCUT2D eigenvalue weighted by molar-refractivity contribution is -0.124. The predicted octanol–water partition coefficient (Wildman–Crippen LogP) is 3.48. The van der Waals surface area contributed by atoms with Crippen molar-refractivity contribution in [3.8, 4) is 0 Å². The van der Waals surface area contributed by atoms with Gasteiger partial charge in [0.05, 0.1) is 11.1 Å². The van der Waals surface area contributed by atoms with Crippen LogP contribution in [0.2, 0.25) is 0 Å². The van der Waals surface area contributed by atoms with E-state index in [1.807, 2.05) is 36.2 Å². The van der Waals surface area contributed by atoms with Crippen LogP contribution in [0.5, 0.6) is 0 Å². The van der Waals surface area contributed by atoms with Crippen LogP contribution in [-0.4, -0.2) is 56.0 Å². The van der Waals surface area contributed by atoms with Crippen molar-refractivity contribution in [2.45, 2.75) is 56.5 Å². The molecule has 1 atom stereocenters. The van der Waals surface area contributed by atoms with Crippen molar-refractivity contribution in [3.05, 3.63) is 41.7 Å². The van der Waals surface area contributed by atoms with E-state index in [1.54, 1.807) is 4.68 Å². The number of carbonyl (C=O) groups excluding carboxylic acids is 1. The van der Waals surface area contributed by atoms with E-state index in [9.17, 15) is 4.79 Å². The number of piperidine rings is 1. The molecule has 4 heterocycles. The summed E-state index contributed by atoms with van der Waals surface area (Å²) in [6.07, 6.45) is 6.92. The number of hydrogen-bond acceptors (Lipinski definition) is 6. The van der Waals surface area contributed by atoms with Crippen molar-refractivity contribution >= 4 is 16.8 Å². The number of para-hydroxylation sites is 1. The molecule has 0 N–H and O–H groups in total. The lowest BCUT2D eigenvalue weighted by Gasteiger charge is -2.46. The summed E-state index contributed by atoms with van der Waals surface area (Å²) in [7, 11) is 1.89. The highest BCUT2D eigenvalue weighted by Gasteiger charge is 2.42. The molecule has 8 nitrogen and oxygen atoms in total. The first-order valence-electron chi connectivity index (χ1n) is 11.8. The first-order chi connectivity index (χ1) is 15.6. The molecule has 1 aliphatic carbocycles. The second-order valence-electron chi connectivity index (χ2n) is 9.70. The zero-order valence-corrected chi connectivity index (χ0v) is 18.5. The van der Waals surface area contributed by atoms with Crippen LogP contribution in [0, 0.1) is 5.92 Å². The van der Waals surface area contributed by atoms with Crippen LogP contribution in [0.25, 0.3) is 10.9 Å². The smallest absolute Gasteiger partial charge is 0.275 e. The van der Waals surface area contributed by atoms with Gasteiger partial charge >= 0.3 is 0 Å². The molecular weight excluding hydrogens is 406 g/mol. The Bertz CT molecular complexity index is 1140. The second-order valence-corrected chi connectivity index (χ2v) is 9.70. The summed E-state index contributed by atoms with van der Waals surface area (Å²) in [5, 5.41) is 9.59. The fourth-order valence-corrected chi connectivity index (χ4v) is 5.40. The van der Waals surface area contributed by atoms with E-state index < -0.39 is 0 Å². The van der Waals surface area contributed by atoms with Crippen molar-refractivity contribution < 1.29 is 14.1 Å². The van der Waals surface area contributed by atoms with Crippen LogP contribution < -0.4 is 0 Å². The number of amides is 1. The third-order valence-electron chi connectivity index (χ3n) is 7.41. The predicted molar refractivity (Wildman–Crippen MR) is 117 cm³/mol. The Morgan fingerprint density at radius 1 is 1.19 bits per heavy atom. The maximum Gasteiger partial charge on any atom is 0.275 e. The molecule has 6 rings (SSSR count). The molecule has 1 saturated carbocycles. The van der Waals surface area contributed by atoms with Gasteiger partial charge in [-0.2, -0.15) is 10.1 Å². The molecule has 3 aliphatic rings. The van der Waals surface area contributed by atoms with Crippen LogP contribution in [0.1, 0.15) is 66.6 Å². The number of benzene rings is 1. The van der Waals surface area contributed by atoms with Gasteiger partial charge in [-0.25, -0.2) is 0 Å². The molecule has 1 aromatic carbocycles. The van der Waals surface area contributed by atoms with Crippen LogP contribution >= 0.6 is 0 Å². The molecular formula is C24H29N5O3. The Balaban J connectivity index is 1.11. The first-order valence-corrected chi connectivity index (χ1v) is 11.8. The van der Waals surface area contributed by atoms with Crippen LogP contribution in [0.15, 0.2) is 28.8 Å². The molecule has 2 saturated heterocycles. The van der Waals surface area contributed by atoms with Crippen LogP contribution in [0.3, 0.4) is 0 Å². The number of fused-ring (bicyclic) bond motifs is 1. The van der Waals surface area contributed by atoms with E-state index in [2.05, 4.69) is 15.2 Å². The minimum atomic E-state index is -0.148. The Kier molecular flexibility index (Phi) is 4.78. The largest absolute Gasteiger partial charge is 0.375 e. The lowest BCUT2D eigenvalue weighted by Crippen LogP contribution is -2.51. The third kappa shape index (κ3) is 3.60. The summed E-state index contributed by atoms with van der Waals surface area (Å²) >= 11 is 0. The number of rotatable bonds is 4. The molecule has 0 radical (unpaired) electrons. The van der Waals surface area contributed by atoms with Crippen molar-refractivity contribution in [2.75, 3.05) is 19.7 Å². The first kappa shape index (κ1) is 19.9. The molecule has 3 aromatic rings. The zero-order valence-electron chi connectivity index (χ0n) is 18.5. The van der Waals surface area contributed by atoms with Crippen molar-refractivity contribution in [1.29, 1.82) is 0 Å². The summed E-state index contributed by atoms with van der Waals surface area (Å²) in [4.78, 5) is 19.8. The Labute approximate surface area is 186 Å². The summed E-state index contributed by atoms with van der Waals surface area (Å²) in [5.41, 5.74) is 1.38. The topological polar surface area (TPSA) is 86.3 Å². The van der Waals surface area contributed by atoms with Gasteiger partial charge in [0.25, 0.3) is 5.91 Å². The van der Waals surface area contributed by atoms with Crippen molar-refractivity contribution in [2.24, 2.45) is 13.0 Å². The van der Waals surface area contributed by atoms with Gasteiger partial charge < -0.3 is 14.2 Å². The fourth-order valence-electron chi connectivity index (χ4n) is 5.40. The number of ether oxygens (including phenoxy) is 1. The van der Waals surface area contributed by atoms with Crippen molar-refractivity contribution in [1.82, 2.24) is 24.8 Å². The number of nitrogens with zero attached hydrogens (tertiary/aromatic N) is 5. The highest BCUT2D eigenvalue weighted by Crippen LogP contribution is 2.40. The zero-order chi connectivity index (χ0) is 21.7. The SMILES string of the molecule is Cn1nc(C(=O)N2CCC3(CC2)CC(Cc2nc(C4CC4)no2)CCO3)c2ccccc21. The number of hydrogen-bond donors (Lipinski definition) is 0. The summed E-state index contributed by atoms with van der Waals surface area (Å²) in [6, 6.07) is 7.90. The normalized spacial score (nSPS) is 23.2. The molecule has 32 heavy (non-hydrogen) atoms. The Morgan fingerprint density at radius 3 is 2.81 bits per heavy atom. The molecule has 1 spiro atoms. The lowest BCUT2D eigenvalue weighted by atomic mass is 9.78. The van der Waals surface area contributed by atoms with Gasteiger partial charge in [0, 0.05) is 44.5 Å². The van der Waals surface area contributed by atoms with E-state index in [0.29, 0.717) is 30.6 Å². The molecule has 168 valence electrons. The summed E-state index contributed by atoms with van der Waals surface area (Å²) < 4.78 is 13.6. The quantitative estimate of drug-likeness (QED) is 0.624. The van der Waals surface area contributed by atoms with E-state index >= 15 is 0 Å². The number of aryl methyl sites for hydroxylation is 1. The Morgan fingerprint density at radius 2 is 2.00 bits per heavy atom. The average Bonchev–Trinajstić information content (AvgIpc) is 3.47. The number of carbonyl (C=O) groups is 1.